The molecule has 0 aliphatic carbocycles. The molecule has 0 spiro atoms. The van der Waals surface area contributed by atoms with E-state index in [0.29, 0.717) is 20.5 Å². The van der Waals surface area contributed by atoms with Crippen molar-refractivity contribution in [3.63, 3.8) is 0 Å². The van der Waals surface area contributed by atoms with Gasteiger partial charge in [-0.25, -0.2) is 13.2 Å². The maximum atomic E-state index is 13.8. The molecular weight excluding hydrogens is 335 g/mol. The Bertz CT molecular complexity index is 922. The highest BCUT2D eigenvalue weighted by Gasteiger charge is 2.22. The van der Waals surface area contributed by atoms with Crippen LogP contribution in [-0.4, -0.2) is 17.9 Å². The lowest BCUT2D eigenvalue weighted by molar-refractivity contribution is 0.0747. The van der Waals surface area contributed by atoms with Crippen molar-refractivity contribution in [1.82, 2.24) is 4.90 Å². The Kier molecular flexibility index (Phi) is 4.32. The van der Waals surface area contributed by atoms with E-state index in [1.807, 2.05) is 0 Å². The zero-order valence-electron chi connectivity index (χ0n) is 13.0. The molecule has 1 atom stereocenters. The van der Waals surface area contributed by atoms with E-state index in [1.54, 1.807) is 26.1 Å². The van der Waals surface area contributed by atoms with Crippen molar-refractivity contribution in [2.45, 2.75) is 13.0 Å². The van der Waals surface area contributed by atoms with Crippen LogP contribution in [0.15, 0.2) is 42.5 Å². The molecule has 0 aliphatic rings. The van der Waals surface area contributed by atoms with Gasteiger partial charge in [0.15, 0.2) is 11.6 Å². The van der Waals surface area contributed by atoms with Crippen molar-refractivity contribution in [1.29, 1.82) is 0 Å². The molecule has 1 heterocycles. The number of halogens is 3. The van der Waals surface area contributed by atoms with Crippen LogP contribution in [0.3, 0.4) is 0 Å². The van der Waals surface area contributed by atoms with Crippen LogP contribution < -0.4 is 0 Å². The van der Waals surface area contributed by atoms with E-state index in [0.717, 1.165) is 12.1 Å². The van der Waals surface area contributed by atoms with E-state index in [2.05, 4.69) is 0 Å². The molecule has 0 saturated carbocycles. The Morgan fingerprint density at radius 3 is 2.46 bits per heavy atom. The van der Waals surface area contributed by atoms with Crippen LogP contribution >= 0.6 is 11.3 Å². The van der Waals surface area contributed by atoms with Crippen LogP contribution in [0, 0.1) is 17.5 Å². The monoisotopic (exact) mass is 349 g/mol. The first kappa shape index (κ1) is 16.5. The second-order valence-electron chi connectivity index (χ2n) is 5.53. The first-order valence-corrected chi connectivity index (χ1v) is 8.10. The van der Waals surface area contributed by atoms with Crippen LogP contribution in [0.4, 0.5) is 13.2 Å². The van der Waals surface area contributed by atoms with E-state index in [4.69, 9.17) is 0 Å². The summed E-state index contributed by atoms with van der Waals surface area (Å²) in [4.78, 5) is 14.5. The Morgan fingerprint density at radius 1 is 1.04 bits per heavy atom. The molecule has 0 radical (unpaired) electrons. The van der Waals surface area contributed by atoms with Crippen molar-refractivity contribution in [3.8, 4) is 0 Å². The van der Waals surface area contributed by atoms with E-state index >= 15 is 0 Å². The zero-order valence-corrected chi connectivity index (χ0v) is 13.8. The fourth-order valence-corrected chi connectivity index (χ4v) is 3.53. The number of benzene rings is 2. The number of thiophene rings is 1. The van der Waals surface area contributed by atoms with Crippen LogP contribution in [0.5, 0.6) is 0 Å². The molecule has 0 bridgehead atoms. The summed E-state index contributed by atoms with van der Waals surface area (Å²) in [5.74, 6) is -2.56. The third-order valence-corrected chi connectivity index (χ3v) is 5.13. The zero-order chi connectivity index (χ0) is 17.4. The van der Waals surface area contributed by atoms with E-state index in [-0.39, 0.29) is 11.7 Å². The molecule has 2 aromatic carbocycles. The normalized spacial score (nSPS) is 12.4. The molecule has 1 amide bonds. The summed E-state index contributed by atoms with van der Waals surface area (Å²) >= 11 is 1.20. The van der Waals surface area contributed by atoms with E-state index < -0.39 is 17.7 Å². The molecule has 0 aliphatic heterocycles. The number of rotatable bonds is 3. The Balaban J connectivity index is 1.89. The van der Waals surface area contributed by atoms with Gasteiger partial charge in [0.25, 0.3) is 5.91 Å². The SMILES string of the molecule is C[C@@H](c1ccc(F)c(F)c1)N(C)C(=O)c1cc2c(F)cccc2s1. The van der Waals surface area contributed by atoms with Gasteiger partial charge in [0, 0.05) is 17.1 Å². The summed E-state index contributed by atoms with van der Waals surface area (Å²) in [6.45, 7) is 1.72. The van der Waals surface area contributed by atoms with Gasteiger partial charge in [0.05, 0.1) is 10.9 Å². The highest BCUT2D eigenvalue weighted by atomic mass is 32.1. The standard InChI is InChI=1S/C18H14F3NOS/c1-10(11-6-7-14(20)15(21)8-11)22(2)18(23)17-9-12-13(19)4-3-5-16(12)24-17/h3-10H,1-2H3/t10-/m0/s1. The summed E-state index contributed by atoms with van der Waals surface area (Å²) in [5.41, 5.74) is 0.483. The number of fused-ring (bicyclic) bond motifs is 1. The third-order valence-electron chi connectivity index (χ3n) is 4.05. The lowest BCUT2D eigenvalue weighted by atomic mass is 10.1. The fraction of sp³-hybridized carbons (Fsp3) is 0.167. The van der Waals surface area contributed by atoms with E-state index in [9.17, 15) is 18.0 Å². The minimum Gasteiger partial charge on any atom is -0.334 e. The molecular formula is C18H14F3NOS. The molecule has 2 nitrogen and oxygen atoms in total. The number of carbonyl (C=O) groups is 1. The van der Waals surface area contributed by atoms with Gasteiger partial charge in [-0.05, 0) is 42.8 Å². The van der Waals surface area contributed by atoms with Crippen LogP contribution in [0.1, 0.15) is 28.2 Å². The molecule has 124 valence electrons. The van der Waals surface area contributed by atoms with Gasteiger partial charge in [-0.2, -0.15) is 0 Å². The van der Waals surface area contributed by atoms with Crippen molar-refractivity contribution < 1.29 is 18.0 Å². The molecule has 0 unspecified atom stereocenters. The van der Waals surface area contributed by atoms with Crippen molar-refractivity contribution in [2.75, 3.05) is 7.05 Å². The fourth-order valence-electron chi connectivity index (χ4n) is 2.48. The summed E-state index contributed by atoms with van der Waals surface area (Å²) in [7, 11) is 1.58. The number of carbonyl (C=O) groups excluding carboxylic acids is 1. The van der Waals surface area contributed by atoms with Crippen molar-refractivity contribution >= 4 is 27.3 Å². The number of hydrogen-bond donors (Lipinski definition) is 0. The highest BCUT2D eigenvalue weighted by Crippen LogP contribution is 2.30. The van der Waals surface area contributed by atoms with Crippen molar-refractivity contribution in [3.05, 3.63) is 70.4 Å². The highest BCUT2D eigenvalue weighted by molar-refractivity contribution is 7.20. The average Bonchev–Trinajstić information content (AvgIpc) is 3.01. The smallest absolute Gasteiger partial charge is 0.264 e. The van der Waals surface area contributed by atoms with Crippen LogP contribution in [0.2, 0.25) is 0 Å². The first-order valence-electron chi connectivity index (χ1n) is 7.28. The van der Waals surface area contributed by atoms with Gasteiger partial charge in [0.1, 0.15) is 5.82 Å². The van der Waals surface area contributed by atoms with Gasteiger partial charge in [-0.15, -0.1) is 11.3 Å². The van der Waals surface area contributed by atoms with Crippen molar-refractivity contribution in [2.24, 2.45) is 0 Å². The molecule has 3 aromatic rings. The summed E-state index contributed by atoms with van der Waals surface area (Å²) in [5, 5.41) is 0.403. The Labute approximate surface area is 141 Å². The minimum absolute atomic E-state index is 0.298. The predicted octanol–water partition coefficient (Wildman–Crippen LogP) is 5.15. The predicted molar refractivity (Wildman–Crippen MR) is 88.6 cm³/mol. The summed E-state index contributed by atoms with van der Waals surface area (Å²) in [6, 6.07) is 9.31. The summed E-state index contributed by atoms with van der Waals surface area (Å²) < 4.78 is 40.9. The number of nitrogens with zero attached hydrogens (tertiary/aromatic N) is 1. The third kappa shape index (κ3) is 2.89. The van der Waals surface area contributed by atoms with Crippen LogP contribution in [0.25, 0.3) is 10.1 Å². The number of hydrogen-bond acceptors (Lipinski definition) is 2. The molecule has 0 N–H and O–H groups in total. The quantitative estimate of drug-likeness (QED) is 0.640. The van der Waals surface area contributed by atoms with Gasteiger partial charge in [-0.1, -0.05) is 12.1 Å². The van der Waals surface area contributed by atoms with E-state index in [1.165, 1.54) is 34.4 Å². The van der Waals surface area contributed by atoms with Gasteiger partial charge < -0.3 is 4.90 Å². The maximum Gasteiger partial charge on any atom is 0.264 e. The average molecular weight is 349 g/mol. The minimum atomic E-state index is -0.955. The Morgan fingerprint density at radius 2 is 1.79 bits per heavy atom. The van der Waals surface area contributed by atoms with Gasteiger partial charge in [0.2, 0.25) is 0 Å². The first-order chi connectivity index (χ1) is 11.4. The molecule has 0 saturated heterocycles. The molecule has 3 rings (SSSR count). The Hall–Kier alpha value is -2.34. The lowest BCUT2D eigenvalue weighted by Gasteiger charge is -2.25. The molecule has 6 heteroatoms. The molecule has 24 heavy (non-hydrogen) atoms. The topological polar surface area (TPSA) is 20.3 Å². The maximum absolute atomic E-state index is 13.8. The number of amides is 1. The summed E-state index contributed by atoms with van der Waals surface area (Å²) in [6.07, 6.45) is 0. The van der Waals surface area contributed by atoms with Crippen LogP contribution in [-0.2, 0) is 0 Å². The molecule has 0 fully saturated rings. The largest absolute Gasteiger partial charge is 0.334 e. The molecule has 1 aromatic heterocycles. The second-order valence-corrected chi connectivity index (χ2v) is 6.61. The van der Waals surface area contributed by atoms with Gasteiger partial charge in [-0.3, -0.25) is 4.79 Å². The van der Waals surface area contributed by atoms with Gasteiger partial charge >= 0.3 is 0 Å². The lowest BCUT2D eigenvalue weighted by Crippen LogP contribution is -2.29. The second kappa shape index (κ2) is 6.28.